The number of carbonyl (C=O) groups is 1. The fraction of sp³-hybridized carbons (Fsp3) is 0.550. The summed E-state index contributed by atoms with van der Waals surface area (Å²) in [5.41, 5.74) is 0.968. The number of piperazine rings is 1. The first-order chi connectivity index (χ1) is 14.0. The number of thiophene rings is 1. The van der Waals surface area contributed by atoms with Gasteiger partial charge in [-0.3, -0.25) is 9.69 Å². The van der Waals surface area contributed by atoms with Crippen LogP contribution in [0.2, 0.25) is 0 Å². The molecular weight excluding hydrogens is 515 g/mol. The van der Waals surface area contributed by atoms with Crippen LogP contribution < -0.4 is 5.32 Å². The molecule has 0 aliphatic carbocycles. The zero-order chi connectivity index (χ0) is 20.6. The SMILES string of the molecule is Cc1cc(CN2CCN(C(=NCC(=O)N(C)C)NCCc3cccs3)CC2)no1.I. The molecule has 8 nitrogen and oxygen atoms in total. The Morgan fingerprint density at radius 2 is 2.10 bits per heavy atom. The van der Waals surface area contributed by atoms with Gasteiger partial charge >= 0.3 is 0 Å². The Hall–Kier alpha value is -1.66. The lowest BCUT2D eigenvalue weighted by molar-refractivity contribution is -0.127. The van der Waals surface area contributed by atoms with Crippen molar-refractivity contribution in [3.8, 4) is 0 Å². The summed E-state index contributed by atoms with van der Waals surface area (Å²) in [6.07, 6.45) is 0.948. The number of likely N-dealkylation sites (N-methyl/N-ethyl adjacent to an activating group) is 1. The Kier molecular flexibility index (Phi) is 10.1. The lowest BCUT2D eigenvalue weighted by Crippen LogP contribution is -2.52. The van der Waals surface area contributed by atoms with Gasteiger partial charge in [0, 0.05) is 64.3 Å². The predicted molar refractivity (Wildman–Crippen MR) is 131 cm³/mol. The zero-order valence-corrected chi connectivity index (χ0v) is 21.0. The van der Waals surface area contributed by atoms with Crippen LogP contribution in [0.5, 0.6) is 0 Å². The molecule has 0 radical (unpaired) electrons. The molecule has 30 heavy (non-hydrogen) atoms. The first kappa shape index (κ1) is 24.6. The highest BCUT2D eigenvalue weighted by Gasteiger charge is 2.21. The number of hydrogen-bond donors (Lipinski definition) is 1. The van der Waals surface area contributed by atoms with Crippen molar-refractivity contribution in [3.05, 3.63) is 39.9 Å². The van der Waals surface area contributed by atoms with Crippen LogP contribution in [0, 0.1) is 6.92 Å². The van der Waals surface area contributed by atoms with E-state index in [-0.39, 0.29) is 36.4 Å². The van der Waals surface area contributed by atoms with Gasteiger partial charge in [0.2, 0.25) is 5.91 Å². The molecule has 1 saturated heterocycles. The van der Waals surface area contributed by atoms with E-state index in [0.717, 1.165) is 63.1 Å². The number of halogens is 1. The van der Waals surface area contributed by atoms with E-state index in [1.165, 1.54) is 4.88 Å². The van der Waals surface area contributed by atoms with Gasteiger partial charge in [0.05, 0.1) is 5.69 Å². The lowest BCUT2D eigenvalue weighted by atomic mass is 10.3. The van der Waals surface area contributed by atoms with Crippen molar-refractivity contribution in [1.82, 2.24) is 25.2 Å². The number of guanidine groups is 1. The molecule has 3 rings (SSSR count). The Morgan fingerprint density at radius 3 is 2.70 bits per heavy atom. The Balaban J connectivity index is 0.00000320. The van der Waals surface area contributed by atoms with Gasteiger partial charge in [-0.25, -0.2) is 4.99 Å². The molecule has 166 valence electrons. The van der Waals surface area contributed by atoms with Gasteiger partial charge in [0.25, 0.3) is 0 Å². The van der Waals surface area contributed by atoms with Gasteiger partial charge in [-0.15, -0.1) is 35.3 Å². The van der Waals surface area contributed by atoms with Crippen LogP contribution >= 0.6 is 35.3 Å². The standard InChI is InChI=1S/C20H30N6O2S.HI/c1-16-13-17(23-28-16)15-25-8-10-26(11-9-25)20(22-14-19(27)24(2)3)21-7-6-18-5-4-12-29-18;/h4-5,12-13H,6-11,14-15H2,1-3H3,(H,21,22);1H. The quantitative estimate of drug-likeness (QED) is 0.326. The van der Waals surface area contributed by atoms with Crippen LogP contribution in [0.25, 0.3) is 0 Å². The zero-order valence-electron chi connectivity index (χ0n) is 17.8. The van der Waals surface area contributed by atoms with Gasteiger partial charge in [-0.1, -0.05) is 11.2 Å². The van der Waals surface area contributed by atoms with Crippen molar-refractivity contribution in [2.24, 2.45) is 4.99 Å². The molecule has 2 aromatic rings. The third-order valence-corrected chi connectivity index (χ3v) is 5.77. The molecule has 2 aromatic heterocycles. The molecule has 0 aromatic carbocycles. The van der Waals surface area contributed by atoms with Crippen molar-refractivity contribution in [2.75, 3.05) is 53.4 Å². The number of nitrogens with one attached hydrogen (secondary N) is 1. The average Bonchev–Trinajstić information content (AvgIpc) is 3.36. The monoisotopic (exact) mass is 546 g/mol. The van der Waals surface area contributed by atoms with Gasteiger partial charge in [0.1, 0.15) is 12.3 Å². The highest BCUT2D eigenvalue weighted by molar-refractivity contribution is 14.0. The van der Waals surface area contributed by atoms with E-state index in [1.54, 1.807) is 30.3 Å². The van der Waals surface area contributed by atoms with Gasteiger partial charge in [-0.05, 0) is 24.8 Å². The molecule has 0 bridgehead atoms. The summed E-state index contributed by atoms with van der Waals surface area (Å²) < 4.78 is 5.16. The van der Waals surface area contributed by atoms with Crippen LogP contribution in [-0.2, 0) is 17.8 Å². The van der Waals surface area contributed by atoms with Crippen molar-refractivity contribution in [1.29, 1.82) is 0 Å². The maximum atomic E-state index is 12.0. The number of nitrogens with zero attached hydrogens (tertiary/aromatic N) is 5. The number of aliphatic imine (C=N–C) groups is 1. The van der Waals surface area contributed by atoms with Crippen molar-refractivity contribution in [3.63, 3.8) is 0 Å². The van der Waals surface area contributed by atoms with E-state index < -0.39 is 0 Å². The second-order valence-electron chi connectivity index (χ2n) is 7.38. The summed E-state index contributed by atoms with van der Waals surface area (Å²) in [6, 6.07) is 6.20. The molecule has 1 aliphatic heterocycles. The van der Waals surface area contributed by atoms with Crippen LogP contribution in [0.15, 0.2) is 33.1 Å². The number of carbonyl (C=O) groups excluding carboxylic acids is 1. The van der Waals surface area contributed by atoms with E-state index in [4.69, 9.17) is 4.52 Å². The van der Waals surface area contributed by atoms with E-state index in [9.17, 15) is 4.79 Å². The molecule has 10 heteroatoms. The highest BCUT2D eigenvalue weighted by atomic mass is 127. The molecule has 3 heterocycles. The highest BCUT2D eigenvalue weighted by Crippen LogP contribution is 2.10. The first-order valence-corrected chi connectivity index (χ1v) is 10.8. The minimum absolute atomic E-state index is 0. The van der Waals surface area contributed by atoms with Crippen molar-refractivity contribution in [2.45, 2.75) is 19.9 Å². The lowest BCUT2D eigenvalue weighted by Gasteiger charge is -2.36. The summed E-state index contributed by atoms with van der Waals surface area (Å²) in [5, 5.41) is 9.64. The van der Waals surface area contributed by atoms with E-state index in [1.807, 2.05) is 13.0 Å². The second-order valence-corrected chi connectivity index (χ2v) is 8.41. The van der Waals surface area contributed by atoms with Gasteiger partial charge in [0.15, 0.2) is 5.96 Å². The van der Waals surface area contributed by atoms with E-state index >= 15 is 0 Å². The van der Waals surface area contributed by atoms with E-state index in [0.29, 0.717) is 0 Å². The fourth-order valence-electron chi connectivity index (χ4n) is 3.14. The number of rotatable bonds is 7. The third-order valence-electron chi connectivity index (χ3n) is 4.83. The van der Waals surface area contributed by atoms with Crippen LogP contribution in [0.3, 0.4) is 0 Å². The maximum Gasteiger partial charge on any atom is 0.243 e. The topological polar surface area (TPSA) is 77.2 Å². The smallest absolute Gasteiger partial charge is 0.243 e. The molecule has 0 spiro atoms. The maximum absolute atomic E-state index is 12.0. The second kappa shape index (κ2) is 12.3. The van der Waals surface area contributed by atoms with Gasteiger partial charge < -0.3 is 19.6 Å². The normalized spacial score (nSPS) is 15.0. The summed E-state index contributed by atoms with van der Waals surface area (Å²) in [5.74, 6) is 1.66. The number of aromatic nitrogens is 1. The first-order valence-electron chi connectivity index (χ1n) is 9.91. The van der Waals surface area contributed by atoms with Crippen molar-refractivity contribution < 1.29 is 9.32 Å². The summed E-state index contributed by atoms with van der Waals surface area (Å²) in [7, 11) is 3.51. The summed E-state index contributed by atoms with van der Waals surface area (Å²) in [4.78, 5) is 24.1. The Bertz CT molecular complexity index is 800. The minimum atomic E-state index is 0. The van der Waals surface area contributed by atoms with Crippen molar-refractivity contribution >= 4 is 47.2 Å². The molecule has 1 N–H and O–H groups in total. The molecule has 0 saturated carbocycles. The van der Waals surface area contributed by atoms with Crippen LogP contribution in [0.1, 0.15) is 16.3 Å². The fourth-order valence-corrected chi connectivity index (χ4v) is 3.85. The van der Waals surface area contributed by atoms with E-state index in [2.05, 4.69) is 42.8 Å². The molecule has 1 amide bonds. The third kappa shape index (κ3) is 7.55. The van der Waals surface area contributed by atoms with Gasteiger partial charge in [-0.2, -0.15) is 0 Å². The number of amides is 1. The van der Waals surface area contributed by atoms with Crippen LogP contribution in [0.4, 0.5) is 0 Å². The Labute approximate surface area is 199 Å². The molecule has 0 unspecified atom stereocenters. The summed E-state index contributed by atoms with van der Waals surface area (Å²) >= 11 is 1.76. The summed E-state index contributed by atoms with van der Waals surface area (Å²) in [6.45, 7) is 7.21. The predicted octanol–water partition coefficient (Wildman–Crippen LogP) is 2.06. The van der Waals surface area contributed by atoms with Crippen LogP contribution in [-0.4, -0.2) is 85.1 Å². The molecular formula is C20H31IN6O2S. The Morgan fingerprint density at radius 1 is 1.33 bits per heavy atom. The number of aryl methyl sites for hydroxylation is 1. The minimum Gasteiger partial charge on any atom is -0.361 e. The number of hydrogen-bond acceptors (Lipinski definition) is 6. The molecule has 0 atom stereocenters. The average molecular weight is 546 g/mol. The largest absolute Gasteiger partial charge is 0.361 e. The molecule has 1 aliphatic rings. The molecule has 1 fully saturated rings.